The number of hydrogen-bond acceptors (Lipinski definition) is 3. The Morgan fingerprint density at radius 2 is 2.40 bits per heavy atom. The van der Waals surface area contributed by atoms with Gasteiger partial charge in [0.15, 0.2) is 0 Å². The number of amides is 1. The molecule has 0 aromatic carbocycles. The van der Waals surface area contributed by atoms with Gasteiger partial charge in [0.25, 0.3) is 0 Å². The van der Waals surface area contributed by atoms with Gasteiger partial charge in [0, 0.05) is 19.5 Å². The monoisotopic (exact) mass is 274 g/mol. The molecule has 1 amide bonds. The highest BCUT2D eigenvalue weighted by molar-refractivity contribution is 5.84. The Morgan fingerprint density at radius 3 is 3.05 bits per heavy atom. The summed E-state index contributed by atoms with van der Waals surface area (Å²) in [6.45, 7) is 2.46. The van der Waals surface area contributed by atoms with Crippen molar-refractivity contribution in [3.8, 4) is 0 Å². The minimum absolute atomic E-state index is 0.113. The van der Waals surface area contributed by atoms with Gasteiger partial charge >= 0.3 is 0 Å². The molecule has 3 fully saturated rings. The molecule has 4 rings (SSSR count). The number of fused-ring (bicyclic) bond motifs is 1. The van der Waals surface area contributed by atoms with Crippen LogP contribution in [0.3, 0.4) is 0 Å². The molecule has 20 heavy (non-hydrogen) atoms. The zero-order chi connectivity index (χ0) is 13.7. The lowest BCUT2D eigenvalue weighted by molar-refractivity contribution is -0.138. The van der Waals surface area contributed by atoms with Crippen LogP contribution in [-0.2, 0) is 18.4 Å². The first-order valence-electron chi connectivity index (χ1n) is 7.71. The lowest BCUT2D eigenvalue weighted by Gasteiger charge is -2.42. The maximum absolute atomic E-state index is 12.5. The number of carbonyl (C=O) groups excluding carboxylic acids is 1. The number of carbonyl (C=O) groups is 1. The van der Waals surface area contributed by atoms with E-state index in [-0.39, 0.29) is 11.3 Å². The fourth-order valence-electron chi connectivity index (χ4n) is 3.70. The van der Waals surface area contributed by atoms with Crippen molar-refractivity contribution in [1.82, 2.24) is 20.4 Å². The van der Waals surface area contributed by atoms with Crippen LogP contribution in [0.5, 0.6) is 0 Å². The number of aromatic nitrogens is 2. The molecule has 0 unspecified atom stereocenters. The highest BCUT2D eigenvalue weighted by atomic mass is 16.2. The molecule has 2 aliphatic carbocycles. The van der Waals surface area contributed by atoms with Crippen molar-refractivity contribution in [1.29, 1.82) is 0 Å². The predicted octanol–water partition coefficient (Wildman–Crippen LogP) is 0.913. The first-order valence-corrected chi connectivity index (χ1v) is 7.71. The Morgan fingerprint density at radius 1 is 1.55 bits per heavy atom. The summed E-state index contributed by atoms with van der Waals surface area (Å²) in [6, 6.07) is 2.15. The fraction of sp³-hybridized carbons (Fsp3) is 0.733. The quantitative estimate of drug-likeness (QED) is 0.858. The molecule has 1 saturated heterocycles. The molecular formula is C15H22N4O. The van der Waals surface area contributed by atoms with Crippen molar-refractivity contribution in [2.45, 2.75) is 38.1 Å². The lowest BCUT2D eigenvalue weighted by Crippen LogP contribution is -2.51. The second kappa shape index (κ2) is 4.32. The number of nitrogens with zero attached hydrogens (tertiary/aromatic N) is 2. The van der Waals surface area contributed by atoms with E-state index in [4.69, 9.17) is 0 Å². The van der Waals surface area contributed by atoms with Crippen LogP contribution < -0.4 is 10.6 Å². The minimum Gasteiger partial charge on any atom is -0.350 e. The van der Waals surface area contributed by atoms with E-state index in [1.54, 1.807) is 0 Å². The molecule has 2 saturated carbocycles. The largest absolute Gasteiger partial charge is 0.350 e. The maximum Gasteiger partial charge on any atom is 0.228 e. The average molecular weight is 274 g/mol. The van der Waals surface area contributed by atoms with Gasteiger partial charge < -0.3 is 10.6 Å². The third-order valence-corrected chi connectivity index (χ3v) is 5.43. The van der Waals surface area contributed by atoms with E-state index in [0.29, 0.717) is 18.4 Å². The van der Waals surface area contributed by atoms with Gasteiger partial charge in [0.2, 0.25) is 5.91 Å². The first-order chi connectivity index (χ1) is 9.69. The third-order valence-electron chi connectivity index (χ3n) is 5.43. The SMILES string of the molecule is Cn1nc(C2CC2)cc1CNC(=O)[C@]12CC[C@H]1CNC2. The molecule has 108 valence electrons. The van der Waals surface area contributed by atoms with Gasteiger partial charge in [0.1, 0.15) is 0 Å². The van der Waals surface area contributed by atoms with Gasteiger partial charge in [0.05, 0.1) is 23.3 Å². The van der Waals surface area contributed by atoms with E-state index in [9.17, 15) is 4.79 Å². The summed E-state index contributed by atoms with van der Waals surface area (Å²) < 4.78 is 1.91. The Balaban J connectivity index is 1.41. The molecule has 2 heterocycles. The van der Waals surface area contributed by atoms with Gasteiger partial charge in [-0.25, -0.2) is 0 Å². The highest BCUT2D eigenvalue weighted by Gasteiger charge is 2.55. The van der Waals surface area contributed by atoms with Crippen LogP contribution >= 0.6 is 0 Å². The van der Waals surface area contributed by atoms with Gasteiger partial charge in [-0.05, 0) is 44.2 Å². The second-order valence-electron chi connectivity index (χ2n) is 6.66. The topological polar surface area (TPSA) is 59.0 Å². The summed E-state index contributed by atoms with van der Waals surface area (Å²) in [7, 11) is 1.97. The van der Waals surface area contributed by atoms with E-state index < -0.39 is 0 Å². The summed E-state index contributed by atoms with van der Waals surface area (Å²) in [5.41, 5.74) is 2.19. The van der Waals surface area contributed by atoms with E-state index in [1.165, 1.54) is 25.0 Å². The van der Waals surface area contributed by atoms with E-state index in [1.807, 2.05) is 11.7 Å². The Hall–Kier alpha value is -1.36. The van der Waals surface area contributed by atoms with Crippen LogP contribution in [-0.4, -0.2) is 28.8 Å². The summed E-state index contributed by atoms with van der Waals surface area (Å²) in [5, 5.41) is 11.0. The van der Waals surface area contributed by atoms with Crippen molar-refractivity contribution in [2.75, 3.05) is 13.1 Å². The van der Waals surface area contributed by atoms with Crippen LogP contribution in [0.25, 0.3) is 0 Å². The van der Waals surface area contributed by atoms with Crippen LogP contribution in [0, 0.1) is 11.3 Å². The van der Waals surface area contributed by atoms with Gasteiger partial charge in [-0.2, -0.15) is 5.10 Å². The highest BCUT2D eigenvalue weighted by Crippen LogP contribution is 2.49. The molecule has 5 nitrogen and oxygen atoms in total. The van der Waals surface area contributed by atoms with Crippen molar-refractivity contribution >= 4 is 5.91 Å². The maximum atomic E-state index is 12.5. The van der Waals surface area contributed by atoms with Crippen molar-refractivity contribution < 1.29 is 4.79 Å². The summed E-state index contributed by atoms with van der Waals surface area (Å²) >= 11 is 0. The Bertz CT molecular complexity index is 548. The Labute approximate surface area is 119 Å². The molecule has 0 spiro atoms. The molecular weight excluding hydrogens is 252 g/mol. The fourth-order valence-corrected chi connectivity index (χ4v) is 3.70. The molecule has 3 aliphatic rings. The van der Waals surface area contributed by atoms with Crippen molar-refractivity contribution in [3.63, 3.8) is 0 Å². The summed E-state index contributed by atoms with van der Waals surface area (Å²) in [4.78, 5) is 12.5. The van der Waals surface area contributed by atoms with Crippen LogP contribution in [0.4, 0.5) is 0 Å². The molecule has 2 N–H and O–H groups in total. The third kappa shape index (κ3) is 1.79. The molecule has 2 atom stereocenters. The molecule has 1 aromatic heterocycles. The predicted molar refractivity (Wildman–Crippen MR) is 75.1 cm³/mol. The van der Waals surface area contributed by atoms with Crippen LogP contribution in [0.15, 0.2) is 6.07 Å². The minimum atomic E-state index is -0.113. The van der Waals surface area contributed by atoms with E-state index in [0.717, 1.165) is 25.2 Å². The molecule has 5 heteroatoms. The molecule has 0 radical (unpaired) electrons. The summed E-state index contributed by atoms with van der Waals surface area (Å²) in [5.74, 6) is 1.45. The average Bonchev–Trinajstić information content (AvgIpc) is 3.13. The first kappa shape index (κ1) is 12.4. The van der Waals surface area contributed by atoms with Crippen LogP contribution in [0.2, 0.25) is 0 Å². The van der Waals surface area contributed by atoms with Crippen LogP contribution in [0.1, 0.15) is 43.0 Å². The Kier molecular flexibility index (Phi) is 2.67. The van der Waals surface area contributed by atoms with Gasteiger partial charge in [-0.15, -0.1) is 0 Å². The number of aryl methyl sites for hydroxylation is 1. The smallest absolute Gasteiger partial charge is 0.228 e. The zero-order valence-corrected chi connectivity index (χ0v) is 12.0. The second-order valence-corrected chi connectivity index (χ2v) is 6.66. The molecule has 0 bridgehead atoms. The van der Waals surface area contributed by atoms with Gasteiger partial charge in [-0.3, -0.25) is 9.48 Å². The molecule has 1 aromatic rings. The lowest BCUT2D eigenvalue weighted by atomic mass is 9.61. The number of nitrogens with one attached hydrogen (secondary N) is 2. The summed E-state index contributed by atoms with van der Waals surface area (Å²) in [6.07, 6.45) is 4.76. The van der Waals surface area contributed by atoms with Crippen molar-refractivity contribution in [2.24, 2.45) is 18.4 Å². The normalized spacial score (nSPS) is 31.8. The van der Waals surface area contributed by atoms with Crippen molar-refractivity contribution in [3.05, 3.63) is 17.5 Å². The molecule has 1 aliphatic heterocycles. The van der Waals surface area contributed by atoms with Gasteiger partial charge in [-0.1, -0.05) is 0 Å². The standard InChI is InChI=1S/C15H22N4O/c1-19-12(6-13(18-19)10-2-3-10)8-17-14(20)15-5-4-11(15)7-16-9-15/h6,10-11,16H,2-5,7-9H2,1H3,(H,17,20)/t11-,15-/m0/s1. The van der Waals surface area contributed by atoms with E-state index >= 15 is 0 Å². The number of rotatable bonds is 4. The zero-order valence-electron chi connectivity index (χ0n) is 12.0. The van der Waals surface area contributed by atoms with E-state index in [2.05, 4.69) is 21.8 Å². The number of hydrogen-bond donors (Lipinski definition) is 2.